The zero-order valence-electron chi connectivity index (χ0n) is 14.1. The first kappa shape index (κ1) is 14.5. The van der Waals surface area contributed by atoms with E-state index in [0.29, 0.717) is 5.41 Å². The van der Waals surface area contributed by atoms with E-state index in [1.54, 1.807) is 19.3 Å². The van der Waals surface area contributed by atoms with Crippen LogP contribution in [0, 0.1) is 29.1 Å². The number of hydrogen-bond acceptors (Lipinski definition) is 2. The number of nitrogens with one attached hydrogen (secondary N) is 1. The lowest BCUT2D eigenvalue weighted by molar-refractivity contribution is -0.0787. The van der Waals surface area contributed by atoms with E-state index >= 15 is 0 Å². The molecule has 0 aromatic heterocycles. The van der Waals surface area contributed by atoms with Crippen LogP contribution in [-0.2, 0) is 0 Å². The summed E-state index contributed by atoms with van der Waals surface area (Å²) in [6, 6.07) is 0.746. The molecule has 1 aliphatic heterocycles. The van der Waals surface area contributed by atoms with Gasteiger partial charge in [-0.3, -0.25) is 0 Å². The molecule has 1 N–H and O–H groups in total. The van der Waals surface area contributed by atoms with Gasteiger partial charge in [0.25, 0.3) is 0 Å². The van der Waals surface area contributed by atoms with Gasteiger partial charge in [-0.15, -0.1) is 0 Å². The van der Waals surface area contributed by atoms with Gasteiger partial charge in [0.15, 0.2) is 0 Å². The number of rotatable bonds is 4. The van der Waals surface area contributed by atoms with E-state index in [2.05, 4.69) is 24.2 Å². The summed E-state index contributed by atoms with van der Waals surface area (Å²) in [6.07, 6.45) is 12.2. The van der Waals surface area contributed by atoms with Gasteiger partial charge in [-0.1, -0.05) is 6.92 Å². The summed E-state index contributed by atoms with van der Waals surface area (Å²) < 4.78 is 0. The van der Waals surface area contributed by atoms with Gasteiger partial charge < -0.3 is 10.2 Å². The van der Waals surface area contributed by atoms with Crippen molar-refractivity contribution in [3.05, 3.63) is 0 Å². The third kappa shape index (κ3) is 2.67. The molecule has 0 spiro atoms. The minimum absolute atomic E-state index is 0.657. The molecule has 0 amide bonds. The van der Waals surface area contributed by atoms with Gasteiger partial charge in [0.1, 0.15) is 0 Å². The Morgan fingerprint density at radius 3 is 2.24 bits per heavy atom. The van der Waals surface area contributed by atoms with Gasteiger partial charge in [0.05, 0.1) is 0 Å². The molecule has 2 heteroatoms. The number of nitrogens with zero attached hydrogens (tertiary/aromatic N) is 1. The Morgan fingerprint density at radius 2 is 1.71 bits per heavy atom. The first-order chi connectivity index (χ1) is 10.2. The lowest BCUT2D eigenvalue weighted by Gasteiger charge is -2.60. The van der Waals surface area contributed by atoms with Gasteiger partial charge in [-0.05, 0) is 94.0 Å². The summed E-state index contributed by atoms with van der Waals surface area (Å²) in [5.41, 5.74) is 0.657. The molecule has 4 aliphatic carbocycles. The summed E-state index contributed by atoms with van der Waals surface area (Å²) in [5, 5.41) is 3.78. The van der Waals surface area contributed by atoms with E-state index < -0.39 is 0 Å². The SMILES string of the molecule is CNC(CN1CCCC(C)C1)C12CC3CC(CC(C3)C1)C2. The van der Waals surface area contributed by atoms with Crippen LogP contribution in [0.3, 0.4) is 0 Å². The molecule has 120 valence electrons. The summed E-state index contributed by atoms with van der Waals surface area (Å²) in [7, 11) is 2.23. The Bertz CT molecular complexity index is 342. The van der Waals surface area contributed by atoms with Crippen molar-refractivity contribution in [1.82, 2.24) is 10.2 Å². The Hall–Kier alpha value is -0.0800. The monoisotopic (exact) mass is 290 g/mol. The third-order valence-corrected chi connectivity index (χ3v) is 7.36. The maximum Gasteiger partial charge on any atom is 0.0248 e. The lowest BCUT2D eigenvalue weighted by atomic mass is 9.47. The lowest BCUT2D eigenvalue weighted by Crippen LogP contribution is -2.59. The second-order valence-electron chi connectivity index (χ2n) is 9.13. The first-order valence-corrected chi connectivity index (χ1v) is 9.56. The maximum atomic E-state index is 3.78. The van der Waals surface area contributed by atoms with Crippen molar-refractivity contribution in [2.45, 2.75) is 64.3 Å². The zero-order valence-corrected chi connectivity index (χ0v) is 14.1. The molecule has 0 aromatic carbocycles. The van der Waals surface area contributed by atoms with Crippen LogP contribution < -0.4 is 5.32 Å². The molecule has 5 aliphatic rings. The molecular formula is C19H34N2. The van der Waals surface area contributed by atoms with Crippen LogP contribution >= 0.6 is 0 Å². The smallest absolute Gasteiger partial charge is 0.0248 e. The van der Waals surface area contributed by atoms with Crippen molar-refractivity contribution in [2.75, 3.05) is 26.7 Å². The molecule has 2 nitrogen and oxygen atoms in total. The highest BCUT2D eigenvalue weighted by atomic mass is 15.2. The fourth-order valence-corrected chi connectivity index (χ4v) is 6.91. The highest BCUT2D eigenvalue weighted by molar-refractivity contribution is 5.06. The van der Waals surface area contributed by atoms with E-state index in [9.17, 15) is 0 Å². The second-order valence-corrected chi connectivity index (χ2v) is 9.13. The molecule has 2 unspecified atom stereocenters. The van der Waals surface area contributed by atoms with Gasteiger partial charge in [0.2, 0.25) is 0 Å². The molecule has 2 atom stereocenters. The molecule has 4 saturated carbocycles. The van der Waals surface area contributed by atoms with Gasteiger partial charge >= 0.3 is 0 Å². The fraction of sp³-hybridized carbons (Fsp3) is 1.00. The molecule has 21 heavy (non-hydrogen) atoms. The topological polar surface area (TPSA) is 15.3 Å². The van der Waals surface area contributed by atoms with Gasteiger partial charge in [0, 0.05) is 19.1 Å². The number of hydrogen-bond donors (Lipinski definition) is 1. The molecule has 4 bridgehead atoms. The van der Waals surface area contributed by atoms with Crippen molar-refractivity contribution in [2.24, 2.45) is 29.1 Å². The van der Waals surface area contributed by atoms with Crippen LogP contribution in [0.2, 0.25) is 0 Å². The van der Waals surface area contributed by atoms with Crippen molar-refractivity contribution in [1.29, 1.82) is 0 Å². The predicted molar refractivity (Wildman–Crippen MR) is 88.3 cm³/mol. The Kier molecular flexibility index (Phi) is 3.82. The quantitative estimate of drug-likeness (QED) is 0.852. The number of likely N-dealkylation sites (tertiary alicyclic amines) is 1. The highest BCUT2D eigenvalue weighted by Gasteiger charge is 2.54. The van der Waals surface area contributed by atoms with E-state index in [-0.39, 0.29) is 0 Å². The van der Waals surface area contributed by atoms with Gasteiger partial charge in [-0.25, -0.2) is 0 Å². The Balaban J connectivity index is 1.47. The average Bonchev–Trinajstić information content (AvgIpc) is 2.43. The summed E-state index contributed by atoms with van der Waals surface area (Å²) >= 11 is 0. The Labute approximate surface area is 131 Å². The standard InChI is InChI=1S/C19H34N2/c1-14-4-3-5-21(12-14)13-18(20-2)19-9-15-6-16(10-19)8-17(7-15)11-19/h14-18,20H,3-13H2,1-2H3. The van der Waals surface area contributed by atoms with Crippen LogP contribution in [-0.4, -0.2) is 37.6 Å². The number of piperidine rings is 1. The molecule has 5 rings (SSSR count). The maximum absolute atomic E-state index is 3.78. The molecule has 5 fully saturated rings. The minimum atomic E-state index is 0.657. The average molecular weight is 290 g/mol. The fourth-order valence-electron chi connectivity index (χ4n) is 6.91. The molecule has 1 heterocycles. The summed E-state index contributed by atoms with van der Waals surface area (Å²) in [5.74, 6) is 4.14. The minimum Gasteiger partial charge on any atom is -0.315 e. The molecule has 0 aromatic rings. The second kappa shape index (κ2) is 5.53. The van der Waals surface area contributed by atoms with E-state index in [4.69, 9.17) is 0 Å². The van der Waals surface area contributed by atoms with Gasteiger partial charge in [-0.2, -0.15) is 0 Å². The Morgan fingerprint density at radius 1 is 1.10 bits per heavy atom. The largest absolute Gasteiger partial charge is 0.315 e. The predicted octanol–water partition coefficient (Wildman–Crippen LogP) is 3.52. The van der Waals surface area contributed by atoms with E-state index in [1.807, 2.05) is 0 Å². The van der Waals surface area contributed by atoms with Crippen molar-refractivity contribution < 1.29 is 0 Å². The molecule has 0 radical (unpaired) electrons. The summed E-state index contributed by atoms with van der Waals surface area (Å²) in [4.78, 5) is 2.77. The van der Waals surface area contributed by atoms with Crippen LogP contribution in [0.4, 0.5) is 0 Å². The van der Waals surface area contributed by atoms with Crippen LogP contribution in [0.5, 0.6) is 0 Å². The van der Waals surface area contributed by atoms with Crippen molar-refractivity contribution in [3.63, 3.8) is 0 Å². The van der Waals surface area contributed by atoms with E-state index in [0.717, 1.165) is 29.7 Å². The van der Waals surface area contributed by atoms with Crippen molar-refractivity contribution in [3.8, 4) is 0 Å². The number of likely N-dealkylation sites (N-methyl/N-ethyl adjacent to an activating group) is 1. The van der Waals surface area contributed by atoms with Crippen LogP contribution in [0.15, 0.2) is 0 Å². The summed E-state index contributed by atoms with van der Waals surface area (Å²) in [6.45, 7) is 6.43. The normalized spacial score (nSPS) is 47.7. The first-order valence-electron chi connectivity index (χ1n) is 9.56. The third-order valence-electron chi connectivity index (χ3n) is 7.36. The molecular weight excluding hydrogens is 256 g/mol. The van der Waals surface area contributed by atoms with Crippen LogP contribution in [0.1, 0.15) is 58.3 Å². The molecule has 1 saturated heterocycles. The van der Waals surface area contributed by atoms with Crippen LogP contribution in [0.25, 0.3) is 0 Å². The highest BCUT2D eigenvalue weighted by Crippen LogP contribution is 2.61. The van der Waals surface area contributed by atoms with Crippen molar-refractivity contribution >= 4 is 0 Å². The van der Waals surface area contributed by atoms with E-state index in [1.165, 1.54) is 51.7 Å². The zero-order chi connectivity index (χ0) is 14.4.